The summed E-state index contributed by atoms with van der Waals surface area (Å²) in [6.45, 7) is 2.99. The lowest BCUT2D eigenvalue weighted by molar-refractivity contribution is 0.829. The molecule has 0 spiro atoms. The first kappa shape index (κ1) is 9.69. The molecule has 2 aromatic rings. The number of benzene rings is 1. The van der Waals surface area contributed by atoms with Crippen molar-refractivity contribution in [1.29, 1.82) is 0 Å². The molecule has 0 fully saturated rings. The zero-order valence-electron chi connectivity index (χ0n) is 8.42. The molecule has 1 aromatic carbocycles. The van der Waals surface area contributed by atoms with Gasteiger partial charge in [-0.05, 0) is 60.3 Å². The highest BCUT2D eigenvalue weighted by Crippen LogP contribution is 2.26. The van der Waals surface area contributed by atoms with Gasteiger partial charge in [-0.3, -0.25) is 0 Å². The first-order chi connectivity index (χ1) is 6.83. The molecular weight excluding hydrogens is 190 g/mol. The SMILES string of the molecule is Cc1c(CCCN)ccc2sccc12. The molecular formula is C12H15NS. The highest BCUT2D eigenvalue weighted by Gasteiger charge is 2.03. The molecule has 0 unspecified atom stereocenters. The molecule has 1 nitrogen and oxygen atoms in total. The second kappa shape index (κ2) is 4.11. The molecule has 0 aliphatic carbocycles. The van der Waals surface area contributed by atoms with Crippen molar-refractivity contribution in [2.75, 3.05) is 6.54 Å². The number of fused-ring (bicyclic) bond motifs is 1. The molecule has 2 rings (SSSR count). The van der Waals surface area contributed by atoms with Crippen molar-refractivity contribution in [2.24, 2.45) is 5.73 Å². The lowest BCUT2D eigenvalue weighted by atomic mass is 10.0. The molecule has 0 saturated heterocycles. The number of aryl methyl sites for hydroxylation is 2. The fourth-order valence-electron chi connectivity index (χ4n) is 1.80. The Morgan fingerprint density at radius 2 is 2.14 bits per heavy atom. The Kier molecular flexibility index (Phi) is 2.85. The van der Waals surface area contributed by atoms with Crippen LogP contribution in [0.5, 0.6) is 0 Å². The Morgan fingerprint density at radius 1 is 1.29 bits per heavy atom. The Morgan fingerprint density at radius 3 is 2.93 bits per heavy atom. The summed E-state index contributed by atoms with van der Waals surface area (Å²) in [5.74, 6) is 0. The first-order valence-electron chi connectivity index (χ1n) is 4.98. The van der Waals surface area contributed by atoms with Gasteiger partial charge in [-0.1, -0.05) is 6.07 Å². The van der Waals surface area contributed by atoms with Crippen molar-refractivity contribution < 1.29 is 0 Å². The van der Waals surface area contributed by atoms with E-state index in [4.69, 9.17) is 5.73 Å². The van der Waals surface area contributed by atoms with Gasteiger partial charge in [0.1, 0.15) is 0 Å². The molecule has 74 valence electrons. The third-order valence-corrected chi connectivity index (χ3v) is 3.55. The van der Waals surface area contributed by atoms with E-state index in [2.05, 4.69) is 30.5 Å². The second-order valence-electron chi connectivity index (χ2n) is 3.57. The van der Waals surface area contributed by atoms with Crippen LogP contribution in [-0.2, 0) is 6.42 Å². The Balaban J connectivity index is 2.40. The van der Waals surface area contributed by atoms with Gasteiger partial charge in [0, 0.05) is 4.70 Å². The minimum atomic E-state index is 0.779. The normalized spacial score (nSPS) is 11.0. The topological polar surface area (TPSA) is 26.0 Å². The van der Waals surface area contributed by atoms with E-state index in [0.717, 1.165) is 19.4 Å². The smallest absolute Gasteiger partial charge is 0.0345 e. The van der Waals surface area contributed by atoms with Gasteiger partial charge < -0.3 is 5.73 Å². The fraction of sp³-hybridized carbons (Fsp3) is 0.333. The molecule has 0 amide bonds. The summed E-state index contributed by atoms with van der Waals surface area (Å²) in [7, 11) is 0. The number of hydrogen-bond acceptors (Lipinski definition) is 2. The monoisotopic (exact) mass is 205 g/mol. The zero-order chi connectivity index (χ0) is 9.97. The van der Waals surface area contributed by atoms with Crippen molar-refractivity contribution in [2.45, 2.75) is 19.8 Å². The highest BCUT2D eigenvalue weighted by molar-refractivity contribution is 7.17. The predicted octanol–water partition coefficient (Wildman–Crippen LogP) is 3.10. The maximum atomic E-state index is 5.52. The average Bonchev–Trinajstić information content (AvgIpc) is 2.66. The van der Waals surface area contributed by atoms with Crippen LogP contribution in [0.25, 0.3) is 10.1 Å². The van der Waals surface area contributed by atoms with Crippen LogP contribution in [0.1, 0.15) is 17.5 Å². The van der Waals surface area contributed by atoms with Crippen molar-refractivity contribution in [1.82, 2.24) is 0 Å². The van der Waals surface area contributed by atoms with Crippen LogP contribution in [0.15, 0.2) is 23.6 Å². The predicted molar refractivity (Wildman–Crippen MR) is 63.9 cm³/mol. The van der Waals surface area contributed by atoms with Crippen LogP contribution < -0.4 is 5.73 Å². The molecule has 1 heterocycles. The Hall–Kier alpha value is -0.860. The number of rotatable bonds is 3. The van der Waals surface area contributed by atoms with Crippen LogP contribution >= 0.6 is 11.3 Å². The first-order valence-corrected chi connectivity index (χ1v) is 5.86. The zero-order valence-corrected chi connectivity index (χ0v) is 9.23. The maximum absolute atomic E-state index is 5.52. The molecule has 14 heavy (non-hydrogen) atoms. The van der Waals surface area contributed by atoms with Gasteiger partial charge in [0.2, 0.25) is 0 Å². The minimum Gasteiger partial charge on any atom is -0.330 e. The van der Waals surface area contributed by atoms with E-state index in [9.17, 15) is 0 Å². The van der Waals surface area contributed by atoms with Gasteiger partial charge in [0.05, 0.1) is 0 Å². The second-order valence-corrected chi connectivity index (χ2v) is 4.52. The third kappa shape index (κ3) is 1.68. The van der Waals surface area contributed by atoms with Crippen LogP contribution in [-0.4, -0.2) is 6.54 Å². The lowest BCUT2D eigenvalue weighted by Crippen LogP contribution is -2.01. The van der Waals surface area contributed by atoms with E-state index in [-0.39, 0.29) is 0 Å². The third-order valence-electron chi connectivity index (χ3n) is 2.67. The summed E-state index contributed by atoms with van der Waals surface area (Å²) in [6, 6.07) is 6.67. The van der Waals surface area contributed by atoms with Gasteiger partial charge in [0.15, 0.2) is 0 Å². The van der Waals surface area contributed by atoms with Crippen LogP contribution in [0, 0.1) is 6.92 Å². The summed E-state index contributed by atoms with van der Waals surface area (Å²) in [5, 5.41) is 3.56. The summed E-state index contributed by atoms with van der Waals surface area (Å²) in [6.07, 6.45) is 2.19. The number of nitrogens with two attached hydrogens (primary N) is 1. The van der Waals surface area contributed by atoms with E-state index in [1.807, 2.05) is 11.3 Å². The van der Waals surface area contributed by atoms with Gasteiger partial charge in [-0.15, -0.1) is 11.3 Å². The van der Waals surface area contributed by atoms with Crippen LogP contribution in [0.4, 0.5) is 0 Å². The van der Waals surface area contributed by atoms with Crippen molar-refractivity contribution in [3.63, 3.8) is 0 Å². The Bertz CT molecular complexity index is 431. The van der Waals surface area contributed by atoms with E-state index in [1.54, 1.807) is 0 Å². The van der Waals surface area contributed by atoms with Gasteiger partial charge in [-0.25, -0.2) is 0 Å². The molecule has 0 aliphatic heterocycles. The van der Waals surface area contributed by atoms with E-state index >= 15 is 0 Å². The summed E-state index contributed by atoms with van der Waals surface area (Å²) < 4.78 is 1.39. The van der Waals surface area contributed by atoms with Crippen molar-refractivity contribution in [3.8, 4) is 0 Å². The number of thiophene rings is 1. The van der Waals surface area contributed by atoms with Gasteiger partial charge in [0.25, 0.3) is 0 Å². The standard InChI is InChI=1S/C12H15NS/c1-9-10(3-2-7-13)4-5-12-11(9)6-8-14-12/h4-6,8H,2-3,7,13H2,1H3. The van der Waals surface area contributed by atoms with E-state index in [0.29, 0.717) is 0 Å². The van der Waals surface area contributed by atoms with Crippen LogP contribution in [0.2, 0.25) is 0 Å². The minimum absolute atomic E-state index is 0.779. The lowest BCUT2D eigenvalue weighted by Gasteiger charge is -2.05. The molecule has 0 aliphatic rings. The molecule has 0 saturated carbocycles. The van der Waals surface area contributed by atoms with E-state index < -0.39 is 0 Å². The summed E-state index contributed by atoms with van der Waals surface area (Å²) in [5.41, 5.74) is 8.39. The van der Waals surface area contributed by atoms with Crippen molar-refractivity contribution in [3.05, 3.63) is 34.7 Å². The van der Waals surface area contributed by atoms with Gasteiger partial charge >= 0.3 is 0 Å². The molecule has 0 bridgehead atoms. The molecule has 2 N–H and O–H groups in total. The van der Waals surface area contributed by atoms with E-state index in [1.165, 1.54) is 21.2 Å². The highest BCUT2D eigenvalue weighted by atomic mass is 32.1. The molecule has 0 atom stereocenters. The fourth-order valence-corrected chi connectivity index (χ4v) is 2.64. The molecule has 1 aromatic heterocycles. The van der Waals surface area contributed by atoms with Crippen molar-refractivity contribution >= 4 is 21.4 Å². The Labute approximate surface area is 88.6 Å². The summed E-state index contributed by atoms with van der Waals surface area (Å²) in [4.78, 5) is 0. The van der Waals surface area contributed by atoms with Crippen LogP contribution in [0.3, 0.4) is 0 Å². The average molecular weight is 205 g/mol. The number of hydrogen-bond donors (Lipinski definition) is 1. The quantitative estimate of drug-likeness (QED) is 0.818. The van der Waals surface area contributed by atoms with Gasteiger partial charge in [-0.2, -0.15) is 0 Å². The summed E-state index contributed by atoms with van der Waals surface area (Å²) >= 11 is 1.81. The molecule has 2 heteroatoms. The molecule has 0 radical (unpaired) electrons. The maximum Gasteiger partial charge on any atom is 0.0345 e. The largest absolute Gasteiger partial charge is 0.330 e.